The first-order chi connectivity index (χ1) is 7.96. The maximum Gasteiger partial charge on any atom is 0.364 e. The third-order valence-electron chi connectivity index (χ3n) is 3.23. The van der Waals surface area contributed by atoms with E-state index in [0.717, 1.165) is 0 Å². The quantitative estimate of drug-likeness (QED) is 0.611. The Morgan fingerprint density at radius 2 is 1.72 bits per heavy atom. The average molecular weight is 337 g/mol. The fourth-order valence-corrected chi connectivity index (χ4v) is 2.52. The van der Waals surface area contributed by atoms with Crippen molar-refractivity contribution in [3.63, 3.8) is 0 Å². The molecule has 104 valence electrons. The van der Waals surface area contributed by atoms with Crippen LogP contribution in [-0.4, -0.2) is 32.9 Å². The summed E-state index contributed by atoms with van der Waals surface area (Å²) >= 11 is 1.48. The lowest BCUT2D eigenvalue weighted by Gasteiger charge is -2.35. The number of carboxylic acids is 2. The molecule has 1 rings (SSSR count). The third-order valence-corrected chi connectivity index (χ3v) is 3.73. The van der Waals surface area contributed by atoms with Crippen molar-refractivity contribution < 1.29 is 37.4 Å². The summed E-state index contributed by atoms with van der Waals surface area (Å²) < 4.78 is 52.9. The molecule has 2 atom stereocenters. The summed E-state index contributed by atoms with van der Waals surface area (Å²) in [6.07, 6.45) is -2.21. The van der Waals surface area contributed by atoms with Crippen LogP contribution >= 0.6 is 15.9 Å². The van der Waals surface area contributed by atoms with Crippen molar-refractivity contribution >= 4 is 27.9 Å². The summed E-state index contributed by atoms with van der Waals surface area (Å²) in [6, 6.07) is 0. The molecular weight excluding hydrogens is 328 g/mol. The van der Waals surface area contributed by atoms with E-state index in [1.54, 1.807) is 0 Å². The topological polar surface area (TPSA) is 74.6 Å². The molecule has 0 bridgehead atoms. The molecular formula is C9H9BrF4O4. The van der Waals surface area contributed by atoms with Gasteiger partial charge in [-0.15, -0.1) is 0 Å². The standard InChI is InChI=1S/C9H9BrF4O4/c10-9(13,14)8(11,12)7(6(17)18)2-1-4(3-7)5(15)16/h4H,1-3H2,(H,15,16)(H,17,18). The Morgan fingerprint density at radius 3 is 2.00 bits per heavy atom. The van der Waals surface area contributed by atoms with E-state index >= 15 is 0 Å². The maximum absolute atomic E-state index is 13.6. The molecule has 9 heteroatoms. The summed E-state index contributed by atoms with van der Waals surface area (Å²) in [5.74, 6) is -9.82. The van der Waals surface area contributed by atoms with Crippen molar-refractivity contribution in [3.8, 4) is 0 Å². The van der Waals surface area contributed by atoms with Gasteiger partial charge in [-0.25, -0.2) is 0 Å². The van der Waals surface area contributed by atoms with E-state index in [-0.39, 0.29) is 6.42 Å². The zero-order valence-corrected chi connectivity index (χ0v) is 10.4. The van der Waals surface area contributed by atoms with E-state index in [4.69, 9.17) is 10.2 Å². The van der Waals surface area contributed by atoms with Gasteiger partial charge in [-0.2, -0.15) is 17.6 Å². The van der Waals surface area contributed by atoms with Crippen LogP contribution in [0.2, 0.25) is 0 Å². The zero-order valence-electron chi connectivity index (χ0n) is 8.80. The number of carboxylic acid groups (broad SMARTS) is 2. The minimum Gasteiger partial charge on any atom is -0.481 e. The minimum atomic E-state index is -4.88. The van der Waals surface area contributed by atoms with E-state index in [0.29, 0.717) is 0 Å². The van der Waals surface area contributed by atoms with Crippen molar-refractivity contribution in [2.75, 3.05) is 0 Å². The number of aliphatic carboxylic acids is 2. The van der Waals surface area contributed by atoms with Gasteiger partial charge in [0, 0.05) is 0 Å². The SMILES string of the molecule is O=C(O)C1CCC(C(=O)O)(C(F)(F)C(F)(F)Br)C1. The molecule has 2 N–H and O–H groups in total. The summed E-state index contributed by atoms with van der Waals surface area (Å²) in [5, 5.41) is 17.5. The van der Waals surface area contributed by atoms with E-state index in [2.05, 4.69) is 0 Å². The van der Waals surface area contributed by atoms with Gasteiger partial charge < -0.3 is 10.2 Å². The highest BCUT2D eigenvalue weighted by molar-refractivity contribution is 9.10. The van der Waals surface area contributed by atoms with Crippen molar-refractivity contribution in [1.82, 2.24) is 0 Å². The highest BCUT2D eigenvalue weighted by Gasteiger charge is 2.73. The van der Waals surface area contributed by atoms with E-state index in [9.17, 15) is 27.2 Å². The summed E-state index contributed by atoms with van der Waals surface area (Å²) in [4.78, 5) is 16.9. The van der Waals surface area contributed by atoms with E-state index in [1.807, 2.05) is 0 Å². The molecule has 0 heterocycles. The highest BCUT2D eigenvalue weighted by atomic mass is 79.9. The Hall–Kier alpha value is -0.860. The number of carbonyl (C=O) groups is 2. The molecule has 0 aliphatic heterocycles. The number of alkyl halides is 5. The van der Waals surface area contributed by atoms with Crippen molar-refractivity contribution in [3.05, 3.63) is 0 Å². The lowest BCUT2D eigenvalue weighted by atomic mass is 9.78. The number of hydrogen-bond acceptors (Lipinski definition) is 2. The van der Waals surface area contributed by atoms with Gasteiger partial charge in [0.25, 0.3) is 0 Å². The first-order valence-electron chi connectivity index (χ1n) is 4.86. The number of hydrogen-bond donors (Lipinski definition) is 2. The lowest BCUT2D eigenvalue weighted by molar-refractivity contribution is -0.229. The van der Waals surface area contributed by atoms with Gasteiger partial charge in [-0.1, -0.05) is 0 Å². The van der Waals surface area contributed by atoms with Gasteiger partial charge in [0.15, 0.2) is 0 Å². The molecule has 1 aliphatic carbocycles. The molecule has 2 unspecified atom stereocenters. The van der Waals surface area contributed by atoms with Crippen LogP contribution in [0.1, 0.15) is 19.3 Å². The molecule has 0 radical (unpaired) electrons. The Kier molecular flexibility index (Phi) is 3.68. The van der Waals surface area contributed by atoms with Crippen LogP contribution in [0.25, 0.3) is 0 Å². The van der Waals surface area contributed by atoms with Crippen LogP contribution in [-0.2, 0) is 9.59 Å². The molecule has 0 saturated heterocycles. The second kappa shape index (κ2) is 4.36. The average Bonchev–Trinajstić information content (AvgIpc) is 2.61. The van der Waals surface area contributed by atoms with Crippen molar-refractivity contribution in [1.29, 1.82) is 0 Å². The first-order valence-corrected chi connectivity index (χ1v) is 5.66. The van der Waals surface area contributed by atoms with Crippen LogP contribution in [0.3, 0.4) is 0 Å². The van der Waals surface area contributed by atoms with Gasteiger partial charge in [-0.05, 0) is 35.2 Å². The van der Waals surface area contributed by atoms with Gasteiger partial charge in [0.2, 0.25) is 0 Å². The smallest absolute Gasteiger partial charge is 0.364 e. The fraction of sp³-hybridized carbons (Fsp3) is 0.778. The van der Waals surface area contributed by atoms with Gasteiger partial charge in [0.1, 0.15) is 5.41 Å². The van der Waals surface area contributed by atoms with Gasteiger partial charge in [0.05, 0.1) is 5.92 Å². The molecule has 0 aromatic rings. The predicted octanol–water partition coefficient (Wildman–Crippen LogP) is 2.57. The largest absolute Gasteiger partial charge is 0.481 e. The first kappa shape index (κ1) is 15.2. The Labute approximate surface area is 107 Å². The fourth-order valence-electron chi connectivity index (χ4n) is 2.14. The molecule has 1 fully saturated rings. The third kappa shape index (κ3) is 2.08. The number of halogens is 5. The summed E-state index contributed by atoms with van der Waals surface area (Å²) in [5.41, 5.74) is -3.07. The molecule has 1 aliphatic rings. The van der Waals surface area contributed by atoms with Crippen LogP contribution in [0, 0.1) is 11.3 Å². The molecule has 0 amide bonds. The summed E-state index contributed by atoms with van der Waals surface area (Å²) in [6.45, 7) is 0. The van der Waals surface area contributed by atoms with Crippen LogP contribution in [0.5, 0.6) is 0 Å². The molecule has 0 aromatic carbocycles. The second-order valence-electron chi connectivity index (χ2n) is 4.24. The Balaban J connectivity index is 3.20. The molecule has 18 heavy (non-hydrogen) atoms. The molecule has 4 nitrogen and oxygen atoms in total. The van der Waals surface area contributed by atoms with Crippen LogP contribution in [0.15, 0.2) is 0 Å². The van der Waals surface area contributed by atoms with Crippen molar-refractivity contribution in [2.24, 2.45) is 11.3 Å². The molecule has 1 saturated carbocycles. The maximum atomic E-state index is 13.6. The Morgan fingerprint density at radius 1 is 1.22 bits per heavy atom. The van der Waals surface area contributed by atoms with E-state index in [1.165, 1.54) is 15.9 Å². The zero-order chi connectivity index (χ0) is 14.4. The van der Waals surface area contributed by atoms with Gasteiger partial charge >= 0.3 is 22.7 Å². The number of rotatable bonds is 4. The van der Waals surface area contributed by atoms with Crippen LogP contribution in [0.4, 0.5) is 17.6 Å². The predicted molar refractivity (Wildman–Crippen MR) is 53.9 cm³/mol. The second-order valence-corrected chi connectivity index (χ2v) is 5.23. The minimum absolute atomic E-state index is 0.375. The monoisotopic (exact) mass is 336 g/mol. The highest BCUT2D eigenvalue weighted by Crippen LogP contribution is 2.59. The summed E-state index contributed by atoms with van der Waals surface area (Å²) in [7, 11) is 0. The molecule has 0 aromatic heterocycles. The van der Waals surface area contributed by atoms with Crippen molar-refractivity contribution in [2.45, 2.75) is 30.0 Å². The normalized spacial score (nSPS) is 29.3. The Bertz CT molecular complexity index is 381. The lowest BCUT2D eigenvalue weighted by Crippen LogP contribution is -2.54. The van der Waals surface area contributed by atoms with Gasteiger partial charge in [-0.3, -0.25) is 9.59 Å². The van der Waals surface area contributed by atoms with Crippen LogP contribution < -0.4 is 0 Å². The molecule has 0 spiro atoms. The van der Waals surface area contributed by atoms with E-state index < -0.39 is 46.9 Å².